The zero-order valence-electron chi connectivity index (χ0n) is 9.15. The van der Waals surface area contributed by atoms with Gasteiger partial charge in [0.05, 0.1) is 11.3 Å². The number of aromatic nitrogens is 1. The Morgan fingerprint density at radius 1 is 1.31 bits per heavy atom. The lowest BCUT2D eigenvalue weighted by molar-refractivity contribution is 0.103. The SMILES string of the molecule is Cc1noc(C)c1C(=O)c1ccccc1N. The summed E-state index contributed by atoms with van der Waals surface area (Å²) >= 11 is 0. The summed E-state index contributed by atoms with van der Waals surface area (Å²) < 4.78 is 4.97. The number of ketones is 1. The fraction of sp³-hybridized carbons (Fsp3) is 0.167. The minimum atomic E-state index is -0.144. The van der Waals surface area contributed by atoms with Gasteiger partial charge in [0, 0.05) is 11.3 Å². The number of hydrogen-bond donors (Lipinski definition) is 1. The van der Waals surface area contributed by atoms with Gasteiger partial charge >= 0.3 is 0 Å². The monoisotopic (exact) mass is 216 g/mol. The third-order valence-electron chi connectivity index (χ3n) is 2.47. The van der Waals surface area contributed by atoms with Crippen LogP contribution in [0.2, 0.25) is 0 Å². The second-order valence-corrected chi connectivity index (χ2v) is 3.62. The van der Waals surface area contributed by atoms with Crippen LogP contribution in [0.15, 0.2) is 28.8 Å². The van der Waals surface area contributed by atoms with Crippen molar-refractivity contribution in [2.24, 2.45) is 0 Å². The van der Waals surface area contributed by atoms with Crippen molar-refractivity contribution in [3.8, 4) is 0 Å². The Hall–Kier alpha value is -2.10. The average Bonchev–Trinajstić information content (AvgIpc) is 2.58. The molecule has 2 rings (SSSR count). The Labute approximate surface area is 93.1 Å². The molecule has 0 aliphatic heterocycles. The Balaban J connectivity index is 2.52. The van der Waals surface area contributed by atoms with Crippen LogP contribution in [-0.2, 0) is 0 Å². The zero-order chi connectivity index (χ0) is 11.7. The standard InChI is InChI=1S/C12H12N2O2/c1-7-11(8(2)16-14-7)12(15)9-5-3-4-6-10(9)13/h3-6H,13H2,1-2H3. The van der Waals surface area contributed by atoms with Crippen molar-refractivity contribution in [3.63, 3.8) is 0 Å². The first-order chi connectivity index (χ1) is 7.61. The van der Waals surface area contributed by atoms with Gasteiger partial charge in [-0.15, -0.1) is 0 Å². The molecule has 0 saturated heterocycles. The summed E-state index contributed by atoms with van der Waals surface area (Å²) in [6.45, 7) is 3.45. The lowest BCUT2D eigenvalue weighted by atomic mass is 10.0. The van der Waals surface area contributed by atoms with Crippen LogP contribution in [0.1, 0.15) is 27.4 Å². The molecule has 1 aromatic heterocycles. The Bertz CT molecular complexity index is 524. The van der Waals surface area contributed by atoms with Crippen LogP contribution in [0.3, 0.4) is 0 Å². The molecule has 2 N–H and O–H groups in total. The number of nitrogens with two attached hydrogens (primary N) is 1. The van der Waals surface area contributed by atoms with Crippen LogP contribution in [0, 0.1) is 13.8 Å². The molecule has 0 fully saturated rings. The van der Waals surface area contributed by atoms with E-state index in [0.29, 0.717) is 28.3 Å². The van der Waals surface area contributed by atoms with Crippen molar-refractivity contribution in [1.29, 1.82) is 0 Å². The van der Waals surface area contributed by atoms with Crippen LogP contribution in [-0.4, -0.2) is 10.9 Å². The maximum atomic E-state index is 12.2. The van der Waals surface area contributed by atoms with E-state index in [2.05, 4.69) is 5.16 Å². The second-order valence-electron chi connectivity index (χ2n) is 3.62. The van der Waals surface area contributed by atoms with Gasteiger partial charge in [-0.2, -0.15) is 0 Å². The van der Waals surface area contributed by atoms with E-state index >= 15 is 0 Å². The number of hydrogen-bond acceptors (Lipinski definition) is 4. The highest BCUT2D eigenvalue weighted by molar-refractivity contribution is 6.13. The molecular formula is C12H12N2O2. The van der Waals surface area contributed by atoms with Crippen LogP contribution >= 0.6 is 0 Å². The van der Waals surface area contributed by atoms with E-state index in [9.17, 15) is 4.79 Å². The minimum absolute atomic E-state index is 0.144. The van der Waals surface area contributed by atoms with Gasteiger partial charge in [0.15, 0.2) is 0 Å². The number of carbonyl (C=O) groups is 1. The Morgan fingerprint density at radius 3 is 2.56 bits per heavy atom. The summed E-state index contributed by atoms with van der Waals surface area (Å²) in [7, 11) is 0. The molecular weight excluding hydrogens is 204 g/mol. The predicted molar refractivity (Wildman–Crippen MR) is 60.3 cm³/mol. The first-order valence-corrected chi connectivity index (χ1v) is 4.93. The van der Waals surface area contributed by atoms with E-state index in [4.69, 9.17) is 10.3 Å². The molecule has 0 aliphatic rings. The number of aryl methyl sites for hydroxylation is 2. The Kier molecular flexibility index (Phi) is 2.48. The maximum Gasteiger partial charge on any atom is 0.200 e. The van der Waals surface area contributed by atoms with E-state index in [-0.39, 0.29) is 5.78 Å². The van der Waals surface area contributed by atoms with Crippen molar-refractivity contribution in [2.45, 2.75) is 13.8 Å². The molecule has 0 aliphatic carbocycles. The number of anilines is 1. The summed E-state index contributed by atoms with van der Waals surface area (Å²) in [5, 5.41) is 3.76. The smallest absolute Gasteiger partial charge is 0.200 e. The third kappa shape index (κ3) is 1.58. The highest BCUT2D eigenvalue weighted by atomic mass is 16.5. The summed E-state index contributed by atoms with van der Waals surface area (Å²) in [4.78, 5) is 12.2. The van der Waals surface area contributed by atoms with Gasteiger partial charge in [-0.3, -0.25) is 4.79 Å². The lowest BCUT2D eigenvalue weighted by Gasteiger charge is -2.03. The van der Waals surface area contributed by atoms with Gasteiger partial charge in [0.1, 0.15) is 5.76 Å². The highest BCUT2D eigenvalue weighted by Crippen LogP contribution is 2.20. The maximum absolute atomic E-state index is 12.2. The van der Waals surface area contributed by atoms with Gasteiger partial charge in [0.2, 0.25) is 5.78 Å². The molecule has 4 heteroatoms. The molecule has 0 radical (unpaired) electrons. The lowest BCUT2D eigenvalue weighted by Crippen LogP contribution is -2.06. The van der Waals surface area contributed by atoms with Crippen LogP contribution in [0.5, 0.6) is 0 Å². The molecule has 16 heavy (non-hydrogen) atoms. The largest absolute Gasteiger partial charge is 0.398 e. The van der Waals surface area contributed by atoms with Crippen LogP contribution in [0.25, 0.3) is 0 Å². The number of rotatable bonds is 2. The van der Waals surface area contributed by atoms with Crippen molar-refractivity contribution >= 4 is 11.5 Å². The van der Waals surface area contributed by atoms with Crippen molar-refractivity contribution < 1.29 is 9.32 Å². The summed E-state index contributed by atoms with van der Waals surface area (Å²) in [6.07, 6.45) is 0. The molecule has 0 amide bonds. The van der Waals surface area contributed by atoms with Crippen molar-refractivity contribution in [3.05, 3.63) is 46.8 Å². The van der Waals surface area contributed by atoms with Gasteiger partial charge in [0.25, 0.3) is 0 Å². The van der Waals surface area contributed by atoms with E-state index in [0.717, 1.165) is 0 Å². The predicted octanol–water partition coefficient (Wildman–Crippen LogP) is 2.10. The molecule has 0 unspecified atom stereocenters. The van der Waals surface area contributed by atoms with E-state index in [1.54, 1.807) is 38.1 Å². The number of para-hydroxylation sites is 1. The summed E-state index contributed by atoms with van der Waals surface area (Å²) in [5.41, 5.74) is 7.79. The molecule has 0 spiro atoms. The fourth-order valence-corrected chi connectivity index (χ4v) is 1.65. The average molecular weight is 216 g/mol. The fourth-order valence-electron chi connectivity index (χ4n) is 1.65. The molecule has 1 aromatic carbocycles. The first-order valence-electron chi connectivity index (χ1n) is 4.93. The van der Waals surface area contributed by atoms with E-state index < -0.39 is 0 Å². The van der Waals surface area contributed by atoms with Crippen LogP contribution < -0.4 is 5.73 Å². The highest BCUT2D eigenvalue weighted by Gasteiger charge is 2.20. The van der Waals surface area contributed by atoms with E-state index in [1.807, 2.05) is 0 Å². The van der Waals surface area contributed by atoms with Crippen LogP contribution in [0.4, 0.5) is 5.69 Å². The summed E-state index contributed by atoms with van der Waals surface area (Å²) in [5.74, 6) is 0.375. The molecule has 0 saturated carbocycles. The molecule has 4 nitrogen and oxygen atoms in total. The molecule has 2 aromatic rings. The summed E-state index contributed by atoms with van der Waals surface area (Å²) in [6, 6.07) is 6.97. The Morgan fingerprint density at radius 2 is 2.00 bits per heavy atom. The minimum Gasteiger partial charge on any atom is -0.398 e. The van der Waals surface area contributed by atoms with Gasteiger partial charge in [-0.05, 0) is 26.0 Å². The van der Waals surface area contributed by atoms with E-state index in [1.165, 1.54) is 0 Å². The number of carbonyl (C=O) groups excluding carboxylic acids is 1. The van der Waals surface area contributed by atoms with Gasteiger partial charge < -0.3 is 10.3 Å². The third-order valence-corrected chi connectivity index (χ3v) is 2.47. The van der Waals surface area contributed by atoms with Crippen molar-refractivity contribution in [1.82, 2.24) is 5.16 Å². The first kappa shape index (κ1) is 10.4. The zero-order valence-corrected chi connectivity index (χ0v) is 9.15. The number of nitrogen functional groups attached to an aromatic ring is 1. The molecule has 1 heterocycles. The number of nitrogens with zero attached hydrogens (tertiary/aromatic N) is 1. The topological polar surface area (TPSA) is 69.1 Å². The molecule has 0 bridgehead atoms. The molecule has 0 atom stereocenters. The van der Waals surface area contributed by atoms with Gasteiger partial charge in [-0.25, -0.2) is 0 Å². The number of benzene rings is 1. The second kappa shape index (κ2) is 3.81. The molecule has 82 valence electrons. The quantitative estimate of drug-likeness (QED) is 0.616. The van der Waals surface area contributed by atoms with Gasteiger partial charge in [-0.1, -0.05) is 17.3 Å². The van der Waals surface area contributed by atoms with Crippen molar-refractivity contribution in [2.75, 3.05) is 5.73 Å². The normalized spacial score (nSPS) is 10.4.